The molecule has 0 aromatic carbocycles. The molecule has 1 aliphatic carbocycles. The number of amides is 1. The Morgan fingerprint density at radius 2 is 2.24 bits per heavy atom. The smallest absolute Gasteiger partial charge is 0.254 e. The van der Waals surface area contributed by atoms with Crippen LogP contribution in [0, 0.1) is 5.92 Å². The van der Waals surface area contributed by atoms with Gasteiger partial charge in [0, 0.05) is 25.1 Å². The second-order valence-electron chi connectivity index (χ2n) is 6.25. The Morgan fingerprint density at radius 3 is 2.81 bits per heavy atom. The van der Waals surface area contributed by atoms with Gasteiger partial charge in [0.1, 0.15) is 0 Å². The molecule has 5 nitrogen and oxygen atoms in total. The van der Waals surface area contributed by atoms with E-state index < -0.39 is 0 Å². The summed E-state index contributed by atoms with van der Waals surface area (Å²) in [5, 5.41) is 16.3. The highest BCUT2D eigenvalue weighted by Crippen LogP contribution is 2.42. The zero-order valence-electron chi connectivity index (χ0n) is 13.3. The minimum atomic E-state index is -0.0313. The van der Waals surface area contributed by atoms with Gasteiger partial charge in [0.25, 0.3) is 5.91 Å². The lowest BCUT2D eigenvalue weighted by molar-refractivity contribution is 0.0944. The van der Waals surface area contributed by atoms with Crippen molar-refractivity contribution < 1.29 is 9.90 Å². The quantitative estimate of drug-likeness (QED) is 0.774. The molecule has 1 aromatic heterocycles. The van der Waals surface area contributed by atoms with Gasteiger partial charge in [-0.05, 0) is 38.5 Å². The zero-order chi connectivity index (χ0) is 15.4. The van der Waals surface area contributed by atoms with Crippen LogP contribution in [-0.4, -0.2) is 33.9 Å². The largest absolute Gasteiger partial charge is 0.396 e. The summed E-state index contributed by atoms with van der Waals surface area (Å²) in [7, 11) is 0. The van der Waals surface area contributed by atoms with E-state index in [-0.39, 0.29) is 18.4 Å². The number of aliphatic hydroxyl groups excluding tert-OH is 1. The van der Waals surface area contributed by atoms with Crippen LogP contribution < -0.4 is 5.32 Å². The maximum Gasteiger partial charge on any atom is 0.254 e. The van der Waals surface area contributed by atoms with Crippen molar-refractivity contribution in [3.05, 3.63) is 17.5 Å². The third kappa shape index (κ3) is 3.84. The number of hydrogen-bond acceptors (Lipinski definition) is 3. The summed E-state index contributed by atoms with van der Waals surface area (Å²) in [6, 6.07) is 0.329. The van der Waals surface area contributed by atoms with Crippen LogP contribution in [0.25, 0.3) is 0 Å². The fraction of sp³-hybridized carbons (Fsp3) is 0.750. The standard InChI is InChI=1S/C16H27N3O2/c1-4-12(3)19-15(13-5-6-13)14(10-18-19)16(21)17-9-11(2)7-8-20/h10-13,20H,4-9H2,1-3H3,(H,17,21). The average Bonchev–Trinajstić information content (AvgIpc) is 3.22. The van der Waals surface area contributed by atoms with E-state index in [1.165, 1.54) is 0 Å². The number of aromatic nitrogens is 2. The van der Waals surface area contributed by atoms with Crippen molar-refractivity contribution in [2.75, 3.05) is 13.2 Å². The number of rotatable bonds is 8. The van der Waals surface area contributed by atoms with E-state index in [0.717, 1.165) is 30.5 Å². The molecule has 5 heteroatoms. The monoisotopic (exact) mass is 293 g/mol. The minimum absolute atomic E-state index is 0.0313. The minimum Gasteiger partial charge on any atom is -0.396 e. The number of nitrogens with zero attached hydrogens (tertiary/aromatic N) is 2. The topological polar surface area (TPSA) is 67.2 Å². The third-order valence-electron chi connectivity index (χ3n) is 4.28. The van der Waals surface area contributed by atoms with Crippen LogP contribution in [0.2, 0.25) is 0 Å². The van der Waals surface area contributed by atoms with E-state index >= 15 is 0 Å². The molecule has 0 bridgehead atoms. The molecule has 1 aliphatic rings. The van der Waals surface area contributed by atoms with Gasteiger partial charge >= 0.3 is 0 Å². The van der Waals surface area contributed by atoms with Crippen molar-refractivity contribution in [3.8, 4) is 0 Å². The first-order valence-corrected chi connectivity index (χ1v) is 8.04. The Morgan fingerprint density at radius 1 is 1.52 bits per heavy atom. The molecule has 21 heavy (non-hydrogen) atoms. The summed E-state index contributed by atoms with van der Waals surface area (Å²) >= 11 is 0. The van der Waals surface area contributed by atoms with Gasteiger partial charge < -0.3 is 10.4 Å². The summed E-state index contributed by atoms with van der Waals surface area (Å²) in [6.45, 7) is 7.07. The number of nitrogens with one attached hydrogen (secondary N) is 1. The molecule has 2 atom stereocenters. The molecule has 1 heterocycles. The number of hydrogen-bond donors (Lipinski definition) is 2. The van der Waals surface area contributed by atoms with Crippen molar-refractivity contribution in [2.24, 2.45) is 5.92 Å². The Hall–Kier alpha value is -1.36. The number of carbonyl (C=O) groups excluding carboxylic acids is 1. The first-order chi connectivity index (χ1) is 10.1. The van der Waals surface area contributed by atoms with Gasteiger partial charge in [-0.15, -0.1) is 0 Å². The van der Waals surface area contributed by atoms with Gasteiger partial charge in [-0.1, -0.05) is 13.8 Å². The number of carbonyl (C=O) groups is 1. The van der Waals surface area contributed by atoms with Crippen LogP contribution in [0.3, 0.4) is 0 Å². The van der Waals surface area contributed by atoms with Gasteiger partial charge in [-0.3, -0.25) is 9.48 Å². The molecule has 1 saturated carbocycles. The fourth-order valence-electron chi connectivity index (χ4n) is 2.52. The molecule has 0 radical (unpaired) electrons. The zero-order valence-corrected chi connectivity index (χ0v) is 13.3. The highest BCUT2D eigenvalue weighted by molar-refractivity contribution is 5.95. The summed E-state index contributed by atoms with van der Waals surface area (Å²) in [5.41, 5.74) is 1.84. The summed E-state index contributed by atoms with van der Waals surface area (Å²) in [4.78, 5) is 12.4. The molecular formula is C16H27N3O2. The van der Waals surface area contributed by atoms with E-state index in [1.54, 1.807) is 6.20 Å². The molecule has 0 saturated heterocycles. The predicted molar refractivity (Wildman–Crippen MR) is 82.4 cm³/mol. The molecule has 2 rings (SSSR count). The van der Waals surface area contributed by atoms with Crippen LogP contribution in [0.1, 0.15) is 74.5 Å². The van der Waals surface area contributed by atoms with Gasteiger partial charge in [-0.25, -0.2) is 0 Å². The Labute approximate surface area is 126 Å². The van der Waals surface area contributed by atoms with Crippen LogP contribution >= 0.6 is 0 Å². The average molecular weight is 293 g/mol. The highest BCUT2D eigenvalue weighted by atomic mass is 16.3. The SMILES string of the molecule is CCC(C)n1ncc(C(=O)NCC(C)CCO)c1C1CC1. The van der Waals surface area contributed by atoms with E-state index in [1.807, 2.05) is 11.6 Å². The van der Waals surface area contributed by atoms with E-state index in [9.17, 15) is 4.79 Å². The molecule has 118 valence electrons. The third-order valence-corrected chi connectivity index (χ3v) is 4.28. The van der Waals surface area contributed by atoms with Crippen molar-refractivity contribution in [3.63, 3.8) is 0 Å². The molecule has 1 fully saturated rings. The molecule has 0 aliphatic heterocycles. The Balaban J connectivity index is 2.08. The van der Waals surface area contributed by atoms with Crippen molar-refractivity contribution in [1.29, 1.82) is 0 Å². The first-order valence-electron chi connectivity index (χ1n) is 8.04. The fourth-order valence-corrected chi connectivity index (χ4v) is 2.52. The lowest BCUT2D eigenvalue weighted by Crippen LogP contribution is -2.29. The maximum absolute atomic E-state index is 12.4. The molecule has 1 amide bonds. The summed E-state index contributed by atoms with van der Waals surface area (Å²) in [6.07, 6.45) is 5.75. The van der Waals surface area contributed by atoms with E-state index in [0.29, 0.717) is 24.9 Å². The Bertz CT molecular complexity index is 480. The van der Waals surface area contributed by atoms with Gasteiger partial charge in [0.15, 0.2) is 0 Å². The maximum atomic E-state index is 12.4. The second kappa shape index (κ2) is 7.07. The van der Waals surface area contributed by atoms with Crippen molar-refractivity contribution >= 4 is 5.91 Å². The van der Waals surface area contributed by atoms with Crippen LogP contribution in [0.4, 0.5) is 0 Å². The molecular weight excluding hydrogens is 266 g/mol. The molecule has 2 N–H and O–H groups in total. The van der Waals surface area contributed by atoms with Gasteiger partial charge in [0.2, 0.25) is 0 Å². The highest BCUT2D eigenvalue weighted by Gasteiger charge is 2.33. The first kappa shape index (κ1) is 16.0. The van der Waals surface area contributed by atoms with Gasteiger partial charge in [0.05, 0.1) is 17.5 Å². The van der Waals surface area contributed by atoms with Crippen LogP contribution in [0.15, 0.2) is 6.20 Å². The van der Waals surface area contributed by atoms with Crippen molar-refractivity contribution in [2.45, 2.75) is 58.4 Å². The molecule has 0 spiro atoms. The van der Waals surface area contributed by atoms with Crippen molar-refractivity contribution in [1.82, 2.24) is 15.1 Å². The molecule has 2 unspecified atom stereocenters. The summed E-state index contributed by atoms with van der Waals surface area (Å²) in [5.74, 6) is 0.751. The number of aliphatic hydroxyl groups is 1. The lowest BCUT2D eigenvalue weighted by Gasteiger charge is -2.15. The van der Waals surface area contributed by atoms with E-state index in [2.05, 4.69) is 24.3 Å². The van der Waals surface area contributed by atoms with Crippen LogP contribution in [0.5, 0.6) is 0 Å². The van der Waals surface area contributed by atoms with Gasteiger partial charge in [-0.2, -0.15) is 5.10 Å². The lowest BCUT2D eigenvalue weighted by atomic mass is 10.1. The van der Waals surface area contributed by atoms with Crippen LogP contribution in [-0.2, 0) is 0 Å². The molecule has 1 aromatic rings. The normalized spacial score (nSPS) is 17.5. The predicted octanol–water partition coefficient (Wildman–Crippen LogP) is 2.48. The van der Waals surface area contributed by atoms with E-state index in [4.69, 9.17) is 5.11 Å². The Kier molecular flexibility index (Phi) is 5.39. The summed E-state index contributed by atoms with van der Waals surface area (Å²) < 4.78 is 2.03. The second-order valence-corrected chi connectivity index (χ2v) is 6.25.